The van der Waals surface area contributed by atoms with Gasteiger partial charge in [0.2, 0.25) is 11.7 Å². The highest BCUT2D eigenvalue weighted by Crippen LogP contribution is 2.48. The molecule has 2 aromatic carbocycles. The molecule has 144 valence electrons. The molecule has 0 aromatic heterocycles. The lowest BCUT2D eigenvalue weighted by molar-refractivity contribution is -0.128. The number of thioether (sulfide) groups is 1. The first kappa shape index (κ1) is 19.2. The molecule has 0 aliphatic carbocycles. The van der Waals surface area contributed by atoms with Crippen molar-refractivity contribution in [2.75, 3.05) is 40.2 Å². The minimum atomic E-state index is -0.161. The van der Waals surface area contributed by atoms with Crippen LogP contribution in [-0.4, -0.2) is 51.0 Å². The Labute approximate surface area is 163 Å². The van der Waals surface area contributed by atoms with Gasteiger partial charge in [0.1, 0.15) is 17.7 Å². The summed E-state index contributed by atoms with van der Waals surface area (Å²) in [7, 11) is 4.74. The first-order valence-corrected chi connectivity index (χ1v) is 9.62. The maximum absolute atomic E-state index is 12.4. The lowest BCUT2D eigenvalue weighted by Gasteiger charge is -2.26. The smallest absolute Gasteiger partial charge is 0.233 e. The fourth-order valence-electron chi connectivity index (χ4n) is 3.05. The number of rotatable bonds is 8. The van der Waals surface area contributed by atoms with E-state index in [0.717, 1.165) is 11.3 Å². The van der Waals surface area contributed by atoms with E-state index in [-0.39, 0.29) is 11.3 Å². The summed E-state index contributed by atoms with van der Waals surface area (Å²) < 4.78 is 22.2. The van der Waals surface area contributed by atoms with Crippen molar-refractivity contribution in [1.82, 2.24) is 4.90 Å². The monoisotopic (exact) mass is 389 g/mol. The zero-order valence-corrected chi connectivity index (χ0v) is 16.5. The zero-order valence-electron chi connectivity index (χ0n) is 15.6. The van der Waals surface area contributed by atoms with Crippen molar-refractivity contribution in [3.8, 4) is 23.0 Å². The van der Waals surface area contributed by atoms with E-state index in [9.17, 15) is 4.79 Å². The molecular weight excluding hydrogens is 366 g/mol. The molecule has 0 saturated carbocycles. The van der Waals surface area contributed by atoms with E-state index < -0.39 is 0 Å². The molecule has 1 heterocycles. The zero-order chi connectivity index (χ0) is 19.2. The average molecular weight is 389 g/mol. The summed E-state index contributed by atoms with van der Waals surface area (Å²) >= 11 is 1.56. The van der Waals surface area contributed by atoms with Crippen molar-refractivity contribution in [2.45, 2.75) is 5.37 Å². The number of carbonyl (C=O) groups excluding carboxylic acids is 1. The Kier molecular flexibility index (Phi) is 6.34. The standard InChI is InChI=1S/C20H23NO5S/c1-23-16-10-9-15(18(24-2)19(16)25-3)20-21(17(22)13-27-20)11-12-26-14-7-5-4-6-8-14/h4-10,20H,11-13H2,1-3H3. The summed E-state index contributed by atoms with van der Waals surface area (Å²) in [4.78, 5) is 14.2. The summed E-state index contributed by atoms with van der Waals surface area (Å²) in [5.74, 6) is 2.99. The van der Waals surface area contributed by atoms with Gasteiger partial charge in [-0.2, -0.15) is 0 Å². The summed E-state index contributed by atoms with van der Waals surface area (Å²) in [6.07, 6.45) is 0. The lowest BCUT2D eigenvalue weighted by atomic mass is 10.1. The number of benzene rings is 2. The molecule has 1 atom stereocenters. The molecule has 6 nitrogen and oxygen atoms in total. The van der Waals surface area contributed by atoms with Crippen LogP contribution in [0.4, 0.5) is 0 Å². The van der Waals surface area contributed by atoms with Crippen molar-refractivity contribution >= 4 is 17.7 Å². The van der Waals surface area contributed by atoms with Crippen LogP contribution in [0.15, 0.2) is 42.5 Å². The van der Waals surface area contributed by atoms with E-state index in [0.29, 0.717) is 36.2 Å². The van der Waals surface area contributed by atoms with Crippen LogP contribution in [0.25, 0.3) is 0 Å². The van der Waals surface area contributed by atoms with Crippen molar-refractivity contribution < 1.29 is 23.7 Å². The Morgan fingerprint density at radius 1 is 1.00 bits per heavy atom. The van der Waals surface area contributed by atoms with Gasteiger partial charge in [-0.25, -0.2) is 0 Å². The number of hydrogen-bond donors (Lipinski definition) is 0. The second-order valence-electron chi connectivity index (χ2n) is 5.84. The molecule has 1 amide bonds. The van der Waals surface area contributed by atoms with Gasteiger partial charge in [-0.3, -0.25) is 4.79 Å². The van der Waals surface area contributed by atoms with Crippen LogP contribution in [0.3, 0.4) is 0 Å². The number of amides is 1. The van der Waals surface area contributed by atoms with Crippen molar-refractivity contribution in [3.05, 3.63) is 48.0 Å². The third-order valence-corrected chi connectivity index (χ3v) is 5.55. The van der Waals surface area contributed by atoms with E-state index in [2.05, 4.69) is 0 Å². The molecule has 0 spiro atoms. The Hall–Kier alpha value is -2.54. The maximum Gasteiger partial charge on any atom is 0.233 e. The lowest BCUT2D eigenvalue weighted by Crippen LogP contribution is -2.32. The molecule has 27 heavy (non-hydrogen) atoms. The van der Waals surface area contributed by atoms with E-state index in [1.807, 2.05) is 47.4 Å². The van der Waals surface area contributed by atoms with E-state index in [1.165, 1.54) is 0 Å². The normalized spacial score (nSPS) is 16.3. The summed E-state index contributed by atoms with van der Waals surface area (Å²) in [6.45, 7) is 0.908. The fraction of sp³-hybridized carbons (Fsp3) is 0.350. The summed E-state index contributed by atoms with van der Waals surface area (Å²) in [5.41, 5.74) is 0.880. The van der Waals surface area contributed by atoms with Gasteiger partial charge in [-0.05, 0) is 24.3 Å². The van der Waals surface area contributed by atoms with E-state index in [1.54, 1.807) is 33.1 Å². The minimum Gasteiger partial charge on any atom is -0.493 e. The van der Waals surface area contributed by atoms with Crippen LogP contribution in [0.2, 0.25) is 0 Å². The molecule has 3 rings (SSSR count). The van der Waals surface area contributed by atoms with Gasteiger partial charge in [0.15, 0.2) is 11.5 Å². The molecule has 0 N–H and O–H groups in total. The van der Waals surface area contributed by atoms with Gasteiger partial charge < -0.3 is 23.8 Å². The predicted molar refractivity (Wildman–Crippen MR) is 105 cm³/mol. The first-order chi connectivity index (χ1) is 13.2. The Morgan fingerprint density at radius 2 is 1.74 bits per heavy atom. The molecule has 1 saturated heterocycles. The van der Waals surface area contributed by atoms with Gasteiger partial charge in [-0.1, -0.05) is 18.2 Å². The number of carbonyl (C=O) groups is 1. The number of hydrogen-bond acceptors (Lipinski definition) is 6. The average Bonchev–Trinajstić information content (AvgIpc) is 3.07. The third kappa shape index (κ3) is 4.08. The predicted octanol–water partition coefficient (Wildman–Crippen LogP) is 3.37. The Morgan fingerprint density at radius 3 is 2.41 bits per heavy atom. The van der Waals surface area contributed by atoms with Gasteiger partial charge in [0.05, 0.1) is 33.6 Å². The minimum absolute atomic E-state index is 0.0819. The summed E-state index contributed by atoms with van der Waals surface area (Å²) in [5, 5.41) is -0.161. The largest absolute Gasteiger partial charge is 0.493 e. The van der Waals surface area contributed by atoms with Gasteiger partial charge in [-0.15, -0.1) is 11.8 Å². The van der Waals surface area contributed by atoms with Crippen molar-refractivity contribution in [2.24, 2.45) is 0 Å². The number of methoxy groups -OCH3 is 3. The number of ether oxygens (including phenoxy) is 4. The van der Waals surface area contributed by atoms with Crippen LogP contribution in [-0.2, 0) is 4.79 Å². The molecule has 0 radical (unpaired) electrons. The van der Waals surface area contributed by atoms with Crippen molar-refractivity contribution in [1.29, 1.82) is 0 Å². The molecular formula is C20H23NO5S. The van der Waals surface area contributed by atoms with Crippen LogP contribution >= 0.6 is 11.8 Å². The topological polar surface area (TPSA) is 57.2 Å². The fourth-order valence-corrected chi connectivity index (χ4v) is 4.29. The molecule has 0 bridgehead atoms. The molecule has 7 heteroatoms. The SMILES string of the molecule is COc1ccc(C2SCC(=O)N2CCOc2ccccc2)c(OC)c1OC. The molecule has 1 fully saturated rings. The van der Waals surface area contributed by atoms with E-state index >= 15 is 0 Å². The van der Waals surface area contributed by atoms with Crippen LogP contribution < -0.4 is 18.9 Å². The second kappa shape index (κ2) is 8.90. The quantitative estimate of drug-likeness (QED) is 0.690. The van der Waals surface area contributed by atoms with Crippen LogP contribution in [0.1, 0.15) is 10.9 Å². The first-order valence-electron chi connectivity index (χ1n) is 8.57. The van der Waals surface area contributed by atoms with E-state index in [4.69, 9.17) is 18.9 Å². The Bertz CT molecular complexity index is 783. The maximum atomic E-state index is 12.4. The number of nitrogens with zero attached hydrogens (tertiary/aromatic N) is 1. The Balaban J connectivity index is 1.79. The van der Waals surface area contributed by atoms with Crippen LogP contribution in [0, 0.1) is 0 Å². The van der Waals surface area contributed by atoms with Crippen LogP contribution in [0.5, 0.6) is 23.0 Å². The van der Waals surface area contributed by atoms with Crippen molar-refractivity contribution in [3.63, 3.8) is 0 Å². The van der Waals surface area contributed by atoms with Gasteiger partial charge in [0, 0.05) is 5.56 Å². The highest BCUT2D eigenvalue weighted by Gasteiger charge is 2.35. The van der Waals surface area contributed by atoms with Gasteiger partial charge >= 0.3 is 0 Å². The summed E-state index contributed by atoms with van der Waals surface area (Å²) in [6, 6.07) is 13.3. The molecule has 1 aliphatic rings. The second-order valence-corrected chi connectivity index (χ2v) is 6.90. The van der Waals surface area contributed by atoms with Gasteiger partial charge in [0.25, 0.3) is 0 Å². The number of para-hydroxylation sites is 1. The molecule has 1 aliphatic heterocycles. The third-order valence-electron chi connectivity index (χ3n) is 4.31. The molecule has 1 unspecified atom stereocenters. The molecule has 2 aromatic rings. The highest BCUT2D eigenvalue weighted by molar-refractivity contribution is 8.00. The highest BCUT2D eigenvalue weighted by atomic mass is 32.2.